The molecule has 2 aromatic carbocycles. The zero-order valence-electron chi connectivity index (χ0n) is 17.2. The molecule has 9 heteroatoms. The second-order valence-corrected chi connectivity index (χ2v) is 7.58. The molecule has 1 fully saturated rings. The number of hydrogen-bond acceptors (Lipinski definition) is 5. The van der Waals surface area contributed by atoms with E-state index in [1.807, 2.05) is 4.90 Å². The van der Waals surface area contributed by atoms with Gasteiger partial charge in [-0.2, -0.15) is 13.2 Å². The lowest BCUT2D eigenvalue weighted by Crippen LogP contribution is -2.50. The number of nitrogens with zero attached hydrogens (tertiary/aromatic N) is 3. The van der Waals surface area contributed by atoms with E-state index in [0.717, 1.165) is 6.07 Å². The van der Waals surface area contributed by atoms with Crippen molar-refractivity contribution in [2.45, 2.75) is 6.18 Å². The highest BCUT2D eigenvalue weighted by atomic mass is 19.4. The molecule has 1 amide bonds. The van der Waals surface area contributed by atoms with Crippen LogP contribution in [0.2, 0.25) is 0 Å². The standard InChI is InChI=1S/C22H24F3N3O3/c1-30-18-5-6-20-19(14-18)21(29)28(15-31-20)12-9-26-7-10-27(11-8-26)17-4-2-3-16(13-17)22(23,24)25/h2-6,13-14H,7-12,15H2,1H3. The summed E-state index contributed by atoms with van der Waals surface area (Å²) in [6, 6.07) is 10.6. The molecule has 0 radical (unpaired) electrons. The van der Waals surface area contributed by atoms with Gasteiger partial charge in [0.25, 0.3) is 5.91 Å². The second-order valence-electron chi connectivity index (χ2n) is 7.58. The third-order valence-electron chi connectivity index (χ3n) is 5.68. The number of hydrogen-bond donors (Lipinski definition) is 0. The van der Waals surface area contributed by atoms with Gasteiger partial charge in [-0.15, -0.1) is 0 Å². The number of benzene rings is 2. The van der Waals surface area contributed by atoms with Crippen molar-refractivity contribution >= 4 is 11.6 Å². The van der Waals surface area contributed by atoms with Crippen LogP contribution in [0.4, 0.5) is 18.9 Å². The van der Waals surface area contributed by atoms with E-state index >= 15 is 0 Å². The summed E-state index contributed by atoms with van der Waals surface area (Å²) in [5, 5.41) is 0. The largest absolute Gasteiger partial charge is 0.497 e. The van der Waals surface area contributed by atoms with Gasteiger partial charge < -0.3 is 19.3 Å². The summed E-state index contributed by atoms with van der Waals surface area (Å²) in [7, 11) is 1.55. The molecule has 31 heavy (non-hydrogen) atoms. The molecule has 4 rings (SSSR count). The normalized spacial score (nSPS) is 17.4. The van der Waals surface area contributed by atoms with Crippen molar-refractivity contribution in [2.75, 3.05) is 58.0 Å². The summed E-state index contributed by atoms with van der Waals surface area (Å²) in [6.45, 7) is 4.07. The van der Waals surface area contributed by atoms with Crippen molar-refractivity contribution in [1.82, 2.24) is 9.80 Å². The predicted molar refractivity (Wildman–Crippen MR) is 110 cm³/mol. The zero-order valence-corrected chi connectivity index (χ0v) is 17.2. The van der Waals surface area contributed by atoms with Gasteiger partial charge in [0.1, 0.15) is 11.5 Å². The van der Waals surface area contributed by atoms with Crippen LogP contribution in [0.5, 0.6) is 11.5 Å². The van der Waals surface area contributed by atoms with Crippen molar-refractivity contribution in [3.05, 3.63) is 53.6 Å². The lowest BCUT2D eigenvalue weighted by Gasteiger charge is -2.37. The van der Waals surface area contributed by atoms with Crippen LogP contribution in [0.3, 0.4) is 0 Å². The topological polar surface area (TPSA) is 45.2 Å². The van der Waals surface area contributed by atoms with Gasteiger partial charge in [-0.3, -0.25) is 9.69 Å². The maximum Gasteiger partial charge on any atom is 0.416 e. The molecule has 0 N–H and O–H groups in total. The Labute approximate surface area is 178 Å². The fraction of sp³-hybridized carbons (Fsp3) is 0.409. The number of piperazine rings is 1. The van der Waals surface area contributed by atoms with E-state index in [-0.39, 0.29) is 12.6 Å². The van der Waals surface area contributed by atoms with Gasteiger partial charge >= 0.3 is 6.18 Å². The Balaban J connectivity index is 1.30. The second kappa shape index (κ2) is 8.66. The van der Waals surface area contributed by atoms with Gasteiger partial charge in [-0.25, -0.2) is 0 Å². The number of fused-ring (bicyclic) bond motifs is 1. The van der Waals surface area contributed by atoms with E-state index in [4.69, 9.17) is 9.47 Å². The number of alkyl halides is 3. The number of anilines is 1. The molecule has 0 spiro atoms. The van der Waals surface area contributed by atoms with Crippen molar-refractivity contribution in [3.63, 3.8) is 0 Å². The van der Waals surface area contributed by atoms with Gasteiger partial charge in [0.2, 0.25) is 0 Å². The molecule has 6 nitrogen and oxygen atoms in total. The molecule has 2 aliphatic heterocycles. The van der Waals surface area contributed by atoms with E-state index in [2.05, 4.69) is 4.90 Å². The summed E-state index contributed by atoms with van der Waals surface area (Å²) in [5.74, 6) is 1.06. The summed E-state index contributed by atoms with van der Waals surface area (Å²) < 4.78 is 49.8. The molecule has 0 saturated carbocycles. The monoisotopic (exact) mass is 435 g/mol. The lowest BCUT2D eigenvalue weighted by molar-refractivity contribution is -0.137. The maximum absolute atomic E-state index is 13.0. The fourth-order valence-corrected chi connectivity index (χ4v) is 3.84. The van der Waals surface area contributed by atoms with E-state index in [1.165, 1.54) is 12.1 Å². The average Bonchev–Trinajstić information content (AvgIpc) is 2.78. The molecule has 2 aliphatic rings. The third-order valence-corrected chi connectivity index (χ3v) is 5.68. The summed E-state index contributed by atoms with van der Waals surface area (Å²) in [6.07, 6.45) is -4.34. The van der Waals surface area contributed by atoms with E-state index in [9.17, 15) is 18.0 Å². The number of ether oxygens (including phenoxy) is 2. The predicted octanol–water partition coefficient (Wildman–Crippen LogP) is 3.33. The first-order valence-corrected chi connectivity index (χ1v) is 10.1. The molecule has 2 aromatic rings. The first-order chi connectivity index (χ1) is 14.8. The molecule has 0 aliphatic carbocycles. The molecule has 0 unspecified atom stereocenters. The van der Waals surface area contributed by atoms with E-state index in [0.29, 0.717) is 62.0 Å². The third kappa shape index (κ3) is 4.71. The lowest BCUT2D eigenvalue weighted by atomic mass is 10.1. The smallest absolute Gasteiger partial charge is 0.416 e. The summed E-state index contributed by atoms with van der Waals surface area (Å²) in [5.41, 5.74) is 0.438. The number of rotatable bonds is 5. The highest BCUT2D eigenvalue weighted by molar-refractivity contribution is 5.98. The van der Waals surface area contributed by atoms with Crippen molar-refractivity contribution in [3.8, 4) is 11.5 Å². The minimum absolute atomic E-state index is 0.0947. The number of methoxy groups -OCH3 is 1. The average molecular weight is 435 g/mol. The van der Waals surface area contributed by atoms with Gasteiger partial charge in [0.05, 0.1) is 18.2 Å². The van der Waals surface area contributed by atoms with Crippen LogP contribution in [0.1, 0.15) is 15.9 Å². The first kappa shape index (κ1) is 21.3. The fourth-order valence-electron chi connectivity index (χ4n) is 3.84. The molecule has 2 heterocycles. The van der Waals surface area contributed by atoms with Gasteiger partial charge in [-0.05, 0) is 36.4 Å². The Morgan fingerprint density at radius 3 is 2.52 bits per heavy atom. The summed E-state index contributed by atoms with van der Waals surface area (Å²) in [4.78, 5) is 18.6. The molecular formula is C22H24F3N3O3. The van der Waals surface area contributed by atoms with Crippen LogP contribution in [0, 0.1) is 0 Å². The van der Waals surface area contributed by atoms with Crippen LogP contribution in [-0.4, -0.2) is 68.8 Å². The number of halogens is 3. The zero-order chi connectivity index (χ0) is 22.0. The Morgan fingerprint density at radius 1 is 1.03 bits per heavy atom. The maximum atomic E-state index is 13.0. The SMILES string of the molecule is COc1ccc2c(c1)C(=O)N(CCN1CCN(c3cccc(C(F)(F)F)c3)CC1)CO2. The molecular weight excluding hydrogens is 411 g/mol. The minimum Gasteiger partial charge on any atom is -0.497 e. The van der Waals surface area contributed by atoms with Crippen molar-refractivity contribution in [1.29, 1.82) is 0 Å². The minimum atomic E-state index is -4.34. The highest BCUT2D eigenvalue weighted by Crippen LogP contribution is 2.32. The summed E-state index contributed by atoms with van der Waals surface area (Å²) >= 11 is 0. The number of amides is 1. The van der Waals surface area contributed by atoms with Crippen molar-refractivity contribution < 1.29 is 27.4 Å². The number of carbonyl (C=O) groups is 1. The van der Waals surface area contributed by atoms with Crippen LogP contribution in [-0.2, 0) is 6.18 Å². The van der Waals surface area contributed by atoms with E-state index < -0.39 is 11.7 Å². The van der Waals surface area contributed by atoms with Gasteiger partial charge in [0.15, 0.2) is 6.73 Å². The molecule has 166 valence electrons. The highest BCUT2D eigenvalue weighted by Gasteiger charge is 2.31. The molecule has 1 saturated heterocycles. The Bertz CT molecular complexity index is 943. The number of carbonyl (C=O) groups excluding carboxylic acids is 1. The van der Waals surface area contributed by atoms with Crippen molar-refractivity contribution in [2.24, 2.45) is 0 Å². The van der Waals surface area contributed by atoms with Crippen LogP contribution in [0.25, 0.3) is 0 Å². The Kier molecular flexibility index (Phi) is 5.95. The van der Waals surface area contributed by atoms with Crippen LogP contribution in [0.15, 0.2) is 42.5 Å². The molecule has 0 bridgehead atoms. The van der Waals surface area contributed by atoms with E-state index in [1.54, 1.807) is 36.3 Å². The van der Waals surface area contributed by atoms with Crippen LogP contribution >= 0.6 is 0 Å². The Hall–Kier alpha value is -2.94. The first-order valence-electron chi connectivity index (χ1n) is 10.1. The Morgan fingerprint density at radius 2 is 1.81 bits per heavy atom. The van der Waals surface area contributed by atoms with Gasteiger partial charge in [0, 0.05) is 45.0 Å². The quantitative estimate of drug-likeness (QED) is 0.721. The molecule has 0 atom stereocenters. The van der Waals surface area contributed by atoms with Gasteiger partial charge in [-0.1, -0.05) is 6.07 Å². The molecule has 0 aromatic heterocycles. The van der Waals surface area contributed by atoms with Crippen LogP contribution < -0.4 is 14.4 Å².